The van der Waals surface area contributed by atoms with Crippen LogP contribution in [0.15, 0.2) is 30.5 Å². The number of nitrogens with one attached hydrogen (secondary N) is 1. The summed E-state index contributed by atoms with van der Waals surface area (Å²) < 4.78 is 13.4. The third kappa shape index (κ3) is 8.80. The maximum atomic E-state index is 12.7. The van der Waals surface area contributed by atoms with Gasteiger partial charge in [-0.1, -0.05) is 31.9 Å². The number of hydrogen-bond donors (Lipinski definition) is 2. The summed E-state index contributed by atoms with van der Waals surface area (Å²) in [4.78, 5) is 40.3. The van der Waals surface area contributed by atoms with E-state index in [-0.39, 0.29) is 12.6 Å². The van der Waals surface area contributed by atoms with Crippen molar-refractivity contribution in [3.63, 3.8) is 0 Å². The number of nitrogens with zero attached hydrogens (tertiary/aromatic N) is 6. The molecule has 0 saturated carbocycles. The molecule has 0 bridgehead atoms. The van der Waals surface area contributed by atoms with Gasteiger partial charge in [0.05, 0.1) is 19.2 Å². The van der Waals surface area contributed by atoms with Crippen LogP contribution < -0.4 is 15.8 Å². The molecule has 0 unspecified atom stereocenters. The fourth-order valence-electron chi connectivity index (χ4n) is 5.15. The van der Waals surface area contributed by atoms with Gasteiger partial charge in [0.1, 0.15) is 29.8 Å². The molecule has 13 nitrogen and oxygen atoms in total. The van der Waals surface area contributed by atoms with Crippen LogP contribution in [0.4, 0.5) is 16.6 Å². The van der Waals surface area contributed by atoms with Gasteiger partial charge in [0.2, 0.25) is 5.95 Å². The first kappa shape index (κ1) is 33.0. The highest BCUT2D eigenvalue weighted by Crippen LogP contribution is 2.28. The van der Waals surface area contributed by atoms with Crippen LogP contribution in [0.1, 0.15) is 58.1 Å². The molecule has 3 aromatic rings. The number of fused-ring (bicyclic) bond motifs is 1. The number of hydroxylamine groups is 1. The van der Waals surface area contributed by atoms with E-state index < -0.39 is 11.7 Å². The molecule has 1 aliphatic rings. The lowest BCUT2D eigenvalue weighted by atomic mass is 10.1. The van der Waals surface area contributed by atoms with Gasteiger partial charge in [0.15, 0.2) is 5.82 Å². The molecule has 13 heteroatoms. The number of carbonyl (C=O) groups is 2. The van der Waals surface area contributed by atoms with Crippen molar-refractivity contribution in [2.75, 3.05) is 57.5 Å². The highest BCUT2D eigenvalue weighted by Gasteiger charge is 2.31. The lowest BCUT2D eigenvalue weighted by Gasteiger charge is -2.39. The summed E-state index contributed by atoms with van der Waals surface area (Å²) in [6, 6.07) is 8.25. The number of aldehydes is 1. The second-order valence-electron chi connectivity index (χ2n) is 11.8. The molecule has 1 aliphatic heterocycles. The number of unbranched alkanes of at least 4 members (excludes halogenated alkanes) is 2. The number of carbonyl (C=O) groups excluding carboxylic acids is 2. The van der Waals surface area contributed by atoms with Crippen LogP contribution in [0.3, 0.4) is 0 Å². The highest BCUT2D eigenvalue weighted by atomic mass is 16.8. The predicted octanol–water partition coefficient (Wildman–Crippen LogP) is 4.07. The smallest absolute Gasteiger partial charge is 0.450 e. The first-order valence-electron chi connectivity index (χ1n) is 15.2. The Morgan fingerprint density at radius 3 is 2.57 bits per heavy atom. The number of amides is 1. The van der Waals surface area contributed by atoms with Crippen LogP contribution in [0, 0.1) is 0 Å². The van der Waals surface area contributed by atoms with Gasteiger partial charge in [-0.15, -0.1) is 5.17 Å². The molecule has 0 radical (unpaired) electrons. The molecule has 4 rings (SSSR count). The van der Waals surface area contributed by atoms with Gasteiger partial charge >= 0.3 is 6.09 Å². The Balaban J connectivity index is 1.41. The molecule has 1 fully saturated rings. The summed E-state index contributed by atoms with van der Waals surface area (Å²) in [6.45, 7) is 11.9. The Morgan fingerprint density at radius 2 is 1.89 bits per heavy atom. The lowest BCUT2D eigenvalue weighted by molar-refractivity contribution is -0.261. The van der Waals surface area contributed by atoms with Gasteiger partial charge in [-0.05, 0) is 44.9 Å². The molecule has 1 amide bonds. The molecule has 3 N–H and O–H groups in total. The maximum absolute atomic E-state index is 12.7. The minimum absolute atomic E-state index is 0.234. The number of benzene rings is 1. The molecule has 240 valence electrons. The first-order valence-corrected chi connectivity index (χ1v) is 15.2. The minimum Gasteiger partial charge on any atom is -0.496 e. The molecule has 2 aromatic heterocycles. The van der Waals surface area contributed by atoms with E-state index in [1.807, 2.05) is 12.3 Å². The van der Waals surface area contributed by atoms with Gasteiger partial charge < -0.3 is 29.9 Å². The quantitative estimate of drug-likeness (QED) is 0.155. The van der Waals surface area contributed by atoms with E-state index in [0.29, 0.717) is 39.0 Å². The molecule has 0 spiro atoms. The molecule has 44 heavy (non-hydrogen) atoms. The largest absolute Gasteiger partial charge is 0.496 e. The number of aromatic nitrogens is 3. The van der Waals surface area contributed by atoms with Crippen LogP contribution >= 0.6 is 0 Å². The second kappa shape index (κ2) is 15.2. The van der Waals surface area contributed by atoms with E-state index in [0.717, 1.165) is 71.3 Å². The first-order chi connectivity index (χ1) is 21.1. The Hall–Kier alpha value is -3.94. The van der Waals surface area contributed by atoms with E-state index in [4.69, 9.17) is 20.0 Å². The fraction of sp³-hybridized carbons (Fsp3) is 0.548. The third-order valence-electron chi connectivity index (χ3n) is 7.22. The standard InChI is InChI=1S/C31H46N8O5/c1-6-7-8-12-33-28-27-25(34-29(32)35-28)11-13-37(27)22-24-10-9-23(20-26(24)42-5)21-36-14-16-38(17-15-36)39(43-19-18-40)30(41)44-31(2,3)4/h9-11,13,18,20H,6-8,12,14-17,19,21-22H2,1-5H3,(H3,32,33,34,35). The van der Waals surface area contributed by atoms with Crippen molar-refractivity contribution in [3.8, 4) is 5.75 Å². The van der Waals surface area contributed by atoms with E-state index in [1.54, 1.807) is 32.9 Å². The van der Waals surface area contributed by atoms with E-state index >= 15 is 0 Å². The zero-order chi connectivity index (χ0) is 31.7. The minimum atomic E-state index is -0.684. The van der Waals surface area contributed by atoms with Crippen molar-refractivity contribution in [2.45, 2.75) is 65.6 Å². The average molecular weight is 611 g/mol. The number of hydrazine groups is 1. The van der Waals surface area contributed by atoms with Crippen molar-refractivity contribution < 1.29 is 23.9 Å². The average Bonchev–Trinajstić information content (AvgIpc) is 3.38. The Morgan fingerprint density at radius 1 is 1.11 bits per heavy atom. The normalized spacial score (nSPS) is 14.5. The Labute approximate surface area is 259 Å². The molecular weight excluding hydrogens is 564 g/mol. The summed E-state index contributed by atoms with van der Waals surface area (Å²) >= 11 is 0. The fourth-order valence-corrected chi connectivity index (χ4v) is 5.15. The monoisotopic (exact) mass is 610 g/mol. The van der Waals surface area contributed by atoms with Crippen molar-refractivity contribution in [1.82, 2.24) is 29.6 Å². The summed E-state index contributed by atoms with van der Waals surface area (Å²) in [7, 11) is 1.68. The third-order valence-corrected chi connectivity index (χ3v) is 7.22. The van der Waals surface area contributed by atoms with Crippen LogP contribution in [0.5, 0.6) is 5.75 Å². The van der Waals surface area contributed by atoms with Crippen LogP contribution in [0.2, 0.25) is 0 Å². The summed E-state index contributed by atoms with van der Waals surface area (Å²) in [5.74, 6) is 1.79. The number of nitrogen functional groups attached to an aromatic ring is 1. The molecule has 0 aliphatic carbocycles. The van der Waals surface area contributed by atoms with Crippen molar-refractivity contribution in [3.05, 3.63) is 41.6 Å². The SMILES string of the molecule is CCCCCNc1nc(N)nc2ccn(Cc3ccc(CN4CCN(N(OCC=O)C(=O)OC(C)(C)C)CC4)cc3OC)c12. The summed E-state index contributed by atoms with van der Waals surface area (Å²) in [5, 5.41) is 6.29. The predicted molar refractivity (Wildman–Crippen MR) is 169 cm³/mol. The topological polar surface area (TPSA) is 140 Å². The number of nitrogens with two attached hydrogens (primary N) is 1. The molecule has 1 aromatic carbocycles. The van der Waals surface area contributed by atoms with E-state index in [9.17, 15) is 9.59 Å². The number of piperazine rings is 1. The van der Waals surface area contributed by atoms with Crippen molar-refractivity contribution in [1.29, 1.82) is 0 Å². The molecule has 0 atom stereocenters. The summed E-state index contributed by atoms with van der Waals surface area (Å²) in [6.07, 6.45) is 5.33. The Kier molecular flexibility index (Phi) is 11.4. The van der Waals surface area contributed by atoms with Gasteiger partial charge in [-0.25, -0.2) is 14.6 Å². The molecule has 3 heterocycles. The van der Waals surface area contributed by atoms with Gasteiger partial charge in [0, 0.05) is 51.0 Å². The molecule has 1 saturated heterocycles. The van der Waals surface area contributed by atoms with Crippen LogP contribution in [-0.4, -0.2) is 94.0 Å². The van der Waals surface area contributed by atoms with Crippen molar-refractivity contribution in [2.24, 2.45) is 0 Å². The van der Waals surface area contributed by atoms with E-state index in [2.05, 4.69) is 49.9 Å². The number of ether oxygens (including phenoxy) is 2. The number of rotatable bonds is 14. The van der Waals surface area contributed by atoms with Gasteiger partial charge in [-0.2, -0.15) is 9.99 Å². The number of hydrogen-bond acceptors (Lipinski definition) is 11. The second-order valence-corrected chi connectivity index (χ2v) is 11.8. The number of methoxy groups -OCH3 is 1. The van der Waals surface area contributed by atoms with Gasteiger partial charge in [-0.3, -0.25) is 4.90 Å². The highest BCUT2D eigenvalue weighted by molar-refractivity contribution is 5.87. The lowest BCUT2D eigenvalue weighted by Crippen LogP contribution is -2.56. The van der Waals surface area contributed by atoms with Crippen LogP contribution in [0.25, 0.3) is 11.0 Å². The Bertz CT molecular complexity index is 1400. The summed E-state index contributed by atoms with van der Waals surface area (Å²) in [5.41, 5.74) is 9.17. The maximum Gasteiger partial charge on any atom is 0.450 e. The number of anilines is 2. The molecular formula is C31H46N8O5. The van der Waals surface area contributed by atoms with Gasteiger partial charge in [0.25, 0.3) is 0 Å². The van der Waals surface area contributed by atoms with Crippen LogP contribution in [-0.2, 0) is 27.5 Å². The zero-order valence-corrected chi connectivity index (χ0v) is 26.5. The zero-order valence-electron chi connectivity index (χ0n) is 26.5. The van der Waals surface area contributed by atoms with Crippen molar-refractivity contribution >= 4 is 35.2 Å². The van der Waals surface area contributed by atoms with E-state index in [1.165, 1.54) is 0 Å².